The summed E-state index contributed by atoms with van der Waals surface area (Å²) in [5.41, 5.74) is 0.696. The van der Waals surface area contributed by atoms with Gasteiger partial charge in [-0.2, -0.15) is 0 Å². The highest BCUT2D eigenvalue weighted by atomic mass is 32.1. The van der Waals surface area contributed by atoms with Gasteiger partial charge in [-0.1, -0.05) is 12.1 Å². The van der Waals surface area contributed by atoms with Crippen molar-refractivity contribution in [1.29, 1.82) is 0 Å². The molecule has 2 N–H and O–H groups in total. The second kappa shape index (κ2) is 8.83. The fraction of sp³-hybridized carbons (Fsp3) is 0.267. The molecule has 132 valence electrons. The van der Waals surface area contributed by atoms with Crippen LogP contribution in [0.15, 0.2) is 34.8 Å². The predicted octanol–water partition coefficient (Wildman–Crippen LogP) is 2.97. The zero-order valence-corrected chi connectivity index (χ0v) is 14.0. The number of nitroso groups, excluding NO2 is 1. The third-order valence-corrected chi connectivity index (χ3v) is 3.76. The molecular formula is C15H15FN4O4S. The Kier molecular flexibility index (Phi) is 6.52. The van der Waals surface area contributed by atoms with Gasteiger partial charge in [0.05, 0.1) is 12.3 Å². The van der Waals surface area contributed by atoms with Crippen LogP contribution in [0.5, 0.6) is 0 Å². The minimum absolute atomic E-state index is 0.0962. The SMILES string of the molecule is CCOC(=O)C(N=O)c1csc(NC(=O)NCc2cccc(F)c2)n1. The number of carbonyl (C=O) groups is 2. The smallest absolute Gasteiger partial charge is 0.340 e. The molecule has 0 aliphatic carbocycles. The molecule has 0 aliphatic heterocycles. The van der Waals surface area contributed by atoms with Crippen molar-refractivity contribution < 1.29 is 18.7 Å². The number of nitrogens with zero attached hydrogens (tertiary/aromatic N) is 2. The molecule has 0 saturated heterocycles. The molecular weight excluding hydrogens is 351 g/mol. The molecule has 0 bridgehead atoms. The molecule has 2 rings (SSSR count). The lowest BCUT2D eigenvalue weighted by molar-refractivity contribution is -0.144. The first-order valence-corrected chi connectivity index (χ1v) is 8.15. The van der Waals surface area contributed by atoms with Crippen molar-refractivity contribution in [2.24, 2.45) is 5.18 Å². The van der Waals surface area contributed by atoms with Gasteiger partial charge in [-0.25, -0.2) is 19.0 Å². The van der Waals surface area contributed by atoms with Gasteiger partial charge in [-0.3, -0.25) is 5.32 Å². The lowest BCUT2D eigenvalue weighted by Gasteiger charge is -2.06. The highest BCUT2D eigenvalue weighted by Crippen LogP contribution is 2.24. The zero-order chi connectivity index (χ0) is 18.2. The Hall–Kier alpha value is -2.88. The monoisotopic (exact) mass is 366 g/mol. The van der Waals surface area contributed by atoms with Crippen LogP contribution in [0, 0.1) is 10.7 Å². The summed E-state index contributed by atoms with van der Waals surface area (Å²) in [6.07, 6.45) is 0. The number of carbonyl (C=O) groups excluding carboxylic acids is 2. The van der Waals surface area contributed by atoms with E-state index in [1.54, 1.807) is 19.1 Å². The summed E-state index contributed by atoms with van der Waals surface area (Å²) in [6, 6.07) is 3.89. The topological polar surface area (TPSA) is 110 Å². The summed E-state index contributed by atoms with van der Waals surface area (Å²) >= 11 is 1.03. The second-order valence-corrected chi connectivity index (χ2v) is 5.63. The minimum Gasteiger partial charge on any atom is -0.464 e. The molecule has 25 heavy (non-hydrogen) atoms. The Morgan fingerprint density at radius 3 is 2.92 bits per heavy atom. The van der Waals surface area contributed by atoms with Gasteiger partial charge in [0.15, 0.2) is 5.13 Å². The molecule has 2 amide bonds. The molecule has 0 spiro atoms. The van der Waals surface area contributed by atoms with E-state index in [1.807, 2.05) is 0 Å². The molecule has 0 aliphatic rings. The molecule has 1 unspecified atom stereocenters. The van der Waals surface area contributed by atoms with Gasteiger partial charge in [0, 0.05) is 11.9 Å². The van der Waals surface area contributed by atoms with Gasteiger partial charge in [0.1, 0.15) is 5.82 Å². The number of rotatable bonds is 7. The van der Waals surface area contributed by atoms with Crippen LogP contribution in [0.1, 0.15) is 24.2 Å². The quantitative estimate of drug-likeness (QED) is 0.578. The highest BCUT2D eigenvalue weighted by molar-refractivity contribution is 7.13. The Labute approximate surface area is 146 Å². The first-order chi connectivity index (χ1) is 12.0. The second-order valence-electron chi connectivity index (χ2n) is 4.78. The summed E-state index contributed by atoms with van der Waals surface area (Å²) in [6.45, 7) is 1.85. The number of esters is 1. The molecule has 1 aromatic carbocycles. The van der Waals surface area contributed by atoms with E-state index in [0.717, 1.165) is 11.3 Å². The predicted molar refractivity (Wildman–Crippen MR) is 89.5 cm³/mol. The average molecular weight is 366 g/mol. The van der Waals surface area contributed by atoms with Crippen molar-refractivity contribution in [3.05, 3.63) is 51.6 Å². The molecule has 1 aromatic heterocycles. The van der Waals surface area contributed by atoms with Gasteiger partial charge < -0.3 is 10.1 Å². The number of benzene rings is 1. The van der Waals surface area contributed by atoms with Gasteiger partial charge in [0.2, 0.25) is 6.04 Å². The van der Waals surface area contributed by atoms with Crippen molar-refractivity contribution in [2.75, 3.05) is 11.9 Å². The van der Waals surface area contributed by atoms with Crippen LogP contribution in [-0.2, 0) is 16.1 Å². The fourth-order valence-corrected chi connectivity index (χ4v) is 2.60. The van der Waals surface area contributed by atoms with E-state index in [-0.39, 0.29) is 24.0 Å². The van der Waals surface area contributed by atoms with Crippen LogP contribution >= 0.6 is 11.3 Å². The van der Waals surface area contributed by atoms with E-state index in [2.05, 4.69) is 20.8 Å². The summed E-state index contributed by atoms with van der Waals surface area (Å²) in [5.74, 6) is -1.19. The standard InChI is InChI=1S/C15H15FN4O4S/c1-2-24-13(21)12(20-23)11-8-25-15(18-11)19-14(22)17-7-9-4-3-5-10(16)6-9/h3-6,8,12H,2,7H2,1H3,(H2,17,18,19,22). The number of halogens is 1. The van der Waals surface area contributed by atoms with Gasteiger partial charge >= 0.3 is 12.0 Å². The average Bonchev–Trinajstić information content (AvgIpc) is 3.02. The Balaban J connectivity index is 1.92. The lowest BCUT2D eigenvalue weighted by atomic mass is 10.2. The Morgan fingerprint density at radius 2 is 2.24 bits per heavy atom. The summed E-state index contributed by atoms with van der Waals surface area (Å²) in [4.78, 5) is 38.3. The molecule has 10 heteroatoms. The molecule has 0 radical (unpaired) electrons. The maximum Gasteiger partial charge on any atom is 0.340 e. The van der Waals surface area contributed by atoms with Crippen molar-refractivity contribution >= 4 is 28.5 Å². The van der Waals surface area contributed by atoms with Crippen molar-refractivity contribution in [1.82, 2.24) is 10.3 Å². The minimum atomic E-state index is -1.37. The third-order valence-electron chi connectivity index (χ3n) is 2.98. The van der Waals surface area contributed by atoms with Crippen molar-refractivity contribution in [2.45, 2.75) is 19.5 Å². The summed E-state index contributed by atoms with van der Waals surface area (Å²) in [7, 11) is 0. The van der Waals surface area contributed by atoms with Crippen molar-refractivity contribution in [3.63, 3.8) is 0 Å². The normalized spacial score (nSPS) is 11.4. The first-order valence-electron chi connectivity index (χ1n) is 7.27. The van der Waals surface area contributed by atoms with E-state index in [4.69, 9.17) is 4.74 Å². The fourth-order valence-electron chi connectivity index (χ4n) is 1.88. The molecule has 2 aromatic rings. The maximum atomic E-state index is 13.1. The number of urea groups is 1. The van der Waals surface area contributed by atoms with Crippen molar-refractivity contribution in [3.8, 4) is 0 Å². The number of thiazole rings is 1. The van der Waals surface area contributed by atoms with E-state index < -0.39 is 23.9 Å². The van der Waals surface area contributed by atoms with Crippen LogP contribution in [0.4, 0.5) is 14.3 Å². The number of amides is 2. The number of nitrogens with one attached hydrogen (secondary N) is 2. The molecule has 1 atom stereocenters. The van der Waals surface area contributed by atoms with Crippen LogP contribution < -0.4 is 10.6 Å². The summed E-state index contributed by atoms with van der Waals surface area (Å²) < 4.78 is 17.8. The van der Waals surface area contributed by atoms with E-state index in [1.165, 1.54) is 17.5 Å². The van der Waals surface area contributed by atoms with Gasteiger partial charge in [-0.05, 0) is 29.8 Å². The van der Waals surface area contributed by atoms with Gasteiger partial charge in [-0.15, -0.1) is 16.2 Å². The highest BCUT2D eigenvalue weighted by Gasteiger charge is 2.26. The number of aromatic nitrogens is 1. The number of anilines is 1. The number of ether oxygens (including phenoxy) is 1. The lowest BCUT2D eigenvalue weighted by Crippen LogP contribution is -2.28. The molecule has 0 saturated carbocycles. The number of hydrogen-bond acceptors (Lipinski definition) is 7. The Morgan fingerprint density at radius 1 is 1.44 bits per heavy atom. The van der Waals surface area contributed by atoms with Crippen LogP contribution in [0.3, 0.4) is 0 Å². The molecule has 8 nitrogen and oxygen atoms in total. The zero-order valence-electron chi connectivity index (χ0n) is 13.2. The van der Waals surface area contributed by atoms with Crippen LogP contribution in [0.25, 0.3) is 0 Å². The Bertz CT molecular complexity index is 767. The van der Waals surface area contributed by atoms with Crippen LogP contribution in [-0.4, -0.2) is 23.6 Å². The number of hydrogen-bond donors (Lipinski definition) is 2. The van der Waals surface area contributed by atoms with E-state index in [9.17, 15) is 18.9 Å². The summed E-state index contributed by atoms with van der Waals surface area (Å²) in [5, 5.41) is 9.34. The molecule has 0 fully saturated rings. The first kappa shape index (κ1) is 18.5. The van der Waals surface area contributed by atoms with Crippen LogP contribution in [0.2, 0.25) is 0 Å². The van der Waals surface area contributed by atoms with E-state index in [0.29, 0.717) is 5.56 Å². The van der Waals surface area contributed by atoms with E-state index >= 15 is 0 Å². The van der Waals surface area contributed by atoms with Gasteiger partial charge in [0.25, 0.3) is 0 Å². The third kappa shape index (κ3) is 5.31. The molecule has 1 heterocycles. The maximum absolute atomic E-state index is 13.1. The largest absolute Gasteiger partial charge is 0.464 e.